The topological polar surface area (TPSA) is 125 Å². The highest BCUT2D eigenvalue weighted by Crippen LogP contribution is 2.30. The Bertz CT molecular complexity index is 1330. The van der Waals surface area contributed by atoms with Crippen molar-refractivity contribution in [1.82, 2.24) is 10.2 Å². The molecule has 0 saturated carbocycles. The average Bonchev–Trinajstić information content (AvgIpc) is 3.21. The Labute approximate surface area is 205 Å². The molecule has 0 radical (unpaired) electrons. The number of nitrogens with two attached hydrogens (primary N) is 1. The number of carbonyl (C=O) groups excluding carboxylic acids is 2. The number of fused-ring (bicyclic) bond motifs is 1. The second kappa shape index (κ2) is 10.6. The predicted octanol–water partition coefficient (Wildman–Crippen LogP) is 5.58. The molecule has 10 heteroatoms. The molecule has 174 valence electrons. The first kappa shape index (κ1) is 23.6. The molecule has 0 aliphatic carbocycles. The Hall–Kier alpha value is -3.59. The summed E-state index contributed by atoms with van der Waals surface area (Å²) in [6.45, 7) is 0.323. The molecule has 0 aliphatic heterocycles. The van der Waals surface area contributed by atoms with Crippen LogP contribution in [0.15, 0.2) is 66.7 Å². The van der Waals surface area contributed by atoms with Gasteiger partial charge in [-0.15, -0.1) is 0 Å². The van der Waals surface area contributed by atoms with Gasteiger partial charge in [0.2, 0.25) is 5.91 Å². The first-order valence-electron chi connectivity index (χ1n) is 10.5. The van der Waals surface area contributed by atoms with Crippen molar-refractivity contribution >= 4 is 63.2 Å². The summed E-state index contributed by atoms with van der Waals surface area (Å²) in [4.78, 5) is 25.5. The number of aromatic nitrogens is 2. The molecule has 0 aliphatic rings. The Morgan fingerprint density at radius 3 is 2.44 bits per heavy atom. The molecule has 4 rings (SSSR count). The van der Waals surface area contributed by atoms with E-state index >= 15 is 0 Å². The highest BCUT2D eigenvalue weighted by atomic mass is 35.5. The number of H-pyrrole nitrogens is 1. The summed E-state index contributed by atoms with van der Waals surface area (Å²) in [6, 6.07) is 19.0. The molecule has 3 amide bonds. The molecule has 8 nitrogen and oxygen atoms in total. The summed E-state index contributed by atoms with van der Waals surface area (Å²) < 4.78 is 0. The van der Waals surface area contributed by atoms with Crippen molar-refractivity contribution in [3.8, 4) is 0 Å². The number of aromatic amines is 1. The van der Waals surface area contributed by atoms with Gasteiger partial charge in [0.15, 0.2) is 5.82 Å². The van der Waals surface area contributed by atoms with E-state index in [0.29, 0.717) is 51.1 Å². The second-order valence-electron chi connectivity index (χ2n) is 7.57. The van der Waals surface area contributed by atoms with Crippen molar-refractivity contribution in [3.63, 3.8) is 0 Å². The molecule has 4 aromatic rings. The molecule has 0 bridgehead atoms. The van der Waals surface area contributed by atoms with Gasteiger partial charge in [0.05, 0.1) is 21.5 Å². The number of anilines is 3. The lowest BCUT2D eigenvalue weighted by Gasteiger charge is -2.17. The van der Waals surface area contributed by atoms with E-state index in [-0.39, 0.29) is 5.91 Å². The van der Waals surface area contributed by atoms with Crippen molar-refractivity contribution in [2.75, 3.05) is 22.5 Å². The van der Waals surface area contributed by atoms with Crippen LogP contribution >= 0.6 is 23.2 Å². The standard InChI is InChI=1S/C24H22Cl2N6O2/c25-19-8-6-14(12-20(19)26)17(10-11-27)23(33)28-16-7-9-21-18(13-16)22(32-31-21)30-24(34)29-15-4-2-1-3-5-15/h1-9,12-13,17H,10-11,27H2,(H,28,33)(H3,29,30,31,32,34). The fraction of sp³-hybridized carbons (Fsp3) is 0.125. The third kappa shape index (κ3) is 5.48. The van der Waals surface area contributed by atoms with Gasteiger partial charge in [-0.25, -0.2) is 4.79 Å². The zero-order valence-electron chi connectivity index (χ0n) is 17.9. The van der Waals surface area contributed by atoms with Crippen LogP contribution in [0.5, 0.6) is 0 Å². The van der Waals surface area contributed by atoms with Crippen molar-refractivity contribution in [2.45, 2.75) is 12.3 Å². The zero-order valence-corrected chi connectivity index (χ0v) is 19.5. The van der Waals surface area contributed by atoms with E-state index in [2.05, 4.69) is 26.1 Å². The Morgan fingerprint density at radius 1 is 0.912 bits per heavy atom. The van der Waals surface area contributed by atoms with Crippen molar-refractivity contribution in [1.29, 1.82) is 0 Å². The summed E-state index contributed by atoms with van der Waals surface area (Å²) in [7, 11) is 0. The second-order valence-corrected chi connectivity index (χ2v) is 8.38. The number of amides is 3. The molecule has 34 heavy (non-hydrogen) atoms. The van der Waals surface area contributed by atoms with E-state index in [1.807, 2.05) is 18.2 Å². The number of halogens is 2. The van der Waals surface area contributed by atoms with Gasteiger partial charge in [-0.05, 0) is 61.0 Å². The van der Waals surface area contributed by atoms with Gasteiger partial charge in [0.1, 0.15) is 0 Å². The maximum atomic E-state index is 13.1. The van der Waals surface area contributed by atoms with E-state index in [4.69, 9.17) is 28.9 Å². The van der Waals surface area contributed by atoms with E-state index in [1.165, 1.54) is 0 Å². The first-order valence-corrected chi connectivity index (χ1v) is 11.3. The highest BCUT2D eigenvalue weighted by molar-refractivity contribution is 6.42. The third-order valence-corrected chi connectivity index (χ3v) is 5.95. The fourth-order valence-corrected chi connectivity index (χ4v) is 3.86. The summed E-state index contributed by atoms with van der Waals surface area (Å²) in [5.74, 6) is -0.403. The van der Waals surface area contributed by atoms with E-state index < -0.39 is 11.9 Å². The monoisotopic (exact) mass is 496 g/mol. The van der Waals surface area contributed by atoms with E-state index in [0.717, 1.165) is 5.56 Å². The number of urea groups is 1. The Morgan fingerprint density at radius 2 is 1.71 bits per heavy atom. The van der Waals surface area contributed by atoms with Gasteiger partial charge in [-0.1, -0.05) is 47.5 Å². The molecule has 1 unspecified atom stereocenters. The van der Waals surface area contributed by atoms with Gasteiger partial charge in [-0.3, -0.25) is 15.2 Å². The molecule has 3 aromatic carbocycles. The maximum absolute atomic E-state index is 13.1. The first-order chi connectivity index (χ1) is 16.4. The number of carbonyl (C=O) groups is 2. The highest BCUT2D eigenvalue weighted by Gasteiger charge is 2.21. The summed E-state index contributed by atoms with van der Waals surface area (Å²) in [5, 5.41) is 16.9. The summed E-state index contributed by atoms with van der Waals surface area (Å²) in [6.07, 6.45) is 0.435. The van der Waals surface area contributed by atoms with Gasteiger partial charge >= 0.3 is 6.03 Å². The molecule has 0 saturated heterocycles. The molecule has 1 aromatic heterocycles. The van der Waals surface area contributed by atoms with Crippen LogP contribution in [0.25, 0.3) is 10.9 Å². The SMILES string of the molecule is NCCC(C(=O)Nc1ccc2[nH]nc(NC(=O)Nc3ccccc3)c2c1)c1ccc(Cl)c(Cl)c1. The number of hydrogen-bond acceptors (Lipinski definition) is 4. The minimum absolute atomic E-state index is 0.233. The average molecular weight is 497 g/mol. The number of benzene rings is 3. The Balaban J connectivity index is 1.52. The molecule has 0 spiro atoms. The zero-order chi connectivity index (χ0) is 24.1. The van der Waals surface area contributed by atoms with Crippen LogP contribution in [0, 0.1) is 0 Å². The molecule has 1 heterocycles. The number of hydrogen-bond donors (Lipinski definition) is 5. The van der Waals surface area contributed by atoms with Crippen molar-refractivity contribution in [2.24, 2.45) is 5.73 Å². The van der Waals surface area contributed by atoms with Crippen molar-refractivity contribution < 1.29 is 9.59 Å². The summed E-state index contributed by atoms with van der Waals surface area (Å²) in [5.41, 5.74) is 8.38. The number of nitrogens with one attached hydrogen (secondary N) is 4. The largest absolute Gasteiger partial charge is 0.330 e. The maximum Gasteiger partial charge on any atom is 0.324 e. The minimum atomic E-state index is -0.506. The van der Waals surface area contributed by atoms with E-state index in [9.17, 15) is 9.59 Å². The van der Waals surface area contributed by atoms with Crippen LogP contribution in [0.3, 0.4) is 0 Å². The quantitative estimate of drug-likeness (QED) is 0.228. The van der Waals surface area contributed by atoms with Crippen LogP contribution in [-0.2, 0) is 4.79 Å². The molecule has 1 atom stereocenters. The van der Waals surface area contributed by atoms with Crippen LogP contribution in [0.4, 0.5) is 22.0 Å². The van der Waals surface area contributed by atoms with Crippen LogP contribution in [-0.4, -0.2) is 28.7 Å². The lowest BCUT2D eigenvalue weighted by molar-refractivity contribution is -0.117. The third-order valence-electron chi connectivity index (χ3n) is 5.21. The van der Waals surface area contributed by atoms with Gasteiger partial charge in [-0.2, -0.15) is 5.10 Å². The van der Waals surface area contributed by atoms with E-state index in [1.54, 1.807) is 48.5 Å². The molecular formula is C24H22Cl2N6O2. The number of para-hydroxylation sites is 1. The number of rotatable bonds is 7. The van der Waals surface area contributed by atoms with Crippen LogP contribution in [0.2, 0.25) is 10.0 Å². The van der Waals surface area contributed by atoms with Gasteiger partial charge in [0, 0.05) is 16.8 Å². The van der Waals surface area contributed by atoms with Crippen molar-refractivity contribution in [3.05, 3.63) is 82.3 Å². The smallest absolute Gasteiger partial charge is 0.324 e. The predicted molar refractivity (Wildman–Crippen MR) is 137 cm³/mol. The lowest BCUT2D eigenvalue weighted by atomic mass is 9.94. The molecule has 6 N–H and O–H groups in total. The van der Waals surface area contributed by atoms with Crippen LogP contribution in [0.1, 0.15) is 17.9 Å². The molecule has 0 fully saturated rings. The normalized spacial score (nSPS) is 11.7. The minimum Gasteiger partial charge on any atom is -0.330 e. The van der Waals surface area contributed by atoms with Gasteiger partial charge in [0.25, 0.3) is 0 Å². The van der Waals surface area contributed by atoms with Crippen LogP contribution < -0.4 is 21.7 Å². The number of nitrogens with zero attached hydrogens (tertiary/aromatic N) is 1. The Kier molecular flexibility index (Phi) is 7.32. The lowest BCUT2D eigenvalue weighted by Crippen LogP contribution is -2.23. The summed E-state index contributed by atoms with van der Waals surface area (Å²) >= 11 is 12.2. The molecular weight excluding hydrogens is 475 g/mol. The fourth-order valence-electron chi connectivity index (χ4n) is 3.55. The van der Waals surface area contributed by atoms with Gasteiger partial charge < -0.3 is 16.4 Å².